The third kappa shape index (κ3) is 4.51. The summed E-state index contributed by atoms with van der Waals surface area (Å²) in [5.41, 5.74) is 0.675. The predicted molar refractivity (Wildman–Crippen MR) is 97.1 cm³/mol. The van der Waals surface area contributed by atoms with Gasteiger partial charge in [0.15, 0.2) is 28.9 Å². The lowest BCUT2D eigenvalue weighted by Crippen LogP contribution is -2.21. The highest BCUT2D eigenvalue weighted by Gasteiger charge is 2.16. The molecular formula is C17H17N3O5S. The molecule has 1 amide bonds. The van der Waals surface area contributed by atoms with E-state index in [0.717, 1.165) is 0 Å². The number of esters is 1. The molecule has 26 heavy (non-hydrogen) atoms. The molecule has 0 atom stereocenters. The summed E-state index contributed by atoms with van der Waals surface area (Å²) in [6, 6.07) is 5.06. The van der Waals surface area contributed by atoms with Gasteiger partial charge in [0.05, 0.1) is 0 Å². The molecule has 0 unspecified atom stereocenters. The highest BCUT2D eigenvalue weighted by Crippen LogP contribution is 2.32. The van der Waals surface area contributed by atoms with Crippen LogP contribution in [0.2, 0.25) is 0 Å². The maximum atomic E-state index is 12.0. The molecule has 1 aliphatic heterocycles. The number of nitrogens with one attached hydrogen (secondary N) is 2. The molecular weight excluding hydrogens is 358 g/mol. The number of hydrogen-bond acceptors (Lipinski definition) is 8. The van der Waals surface area contributed by atoms with E-state index in [1.54, 1.807) is 29.7 Å². The first kappa shape index (κ1) is 17.7. The first-order chi connectivity index (χ1) is 12.7. The van der Waals surface area contributed by atoms with Crippen LogP contribution < -0.4 is 20.1 Å². The Hall–Kier alpha value is -3.07. The quantitative estimate of drug-likeness (QED) is 0.566. The van der Waals surface area contributed by atoms with Gasteiger partial charge in [-0.2, -0.15) is 0 Å². The molecule has 3 rings (SSSR count). The van der Waals surface area contributed by atoms with E-state index in [1.165, 1.54) is 11.3 Å². The average Bonchev–Trinajstić information content (AvgIpc) is 3.13. The van der Waals surface area contributed by atoms with Crippen LogP contribution in [0.4, 0.5) is 10.8 Å². The fraction of sp³-hybridized carbons (Fsp3) is 0.235. The minimum absolute atomic E-state index is 0.147. The Balaban J connectivity index is 1.50. The Morgan fingerprint density at radius 2 is 2.12 bits per heavy atom. The number of carbonyl (C=O) groups is 2. The van der Waals surface area contributed by atoms with Crippen LogP contribution in [0.1, 0.15) is 10.5 Å². The van der Waals surface area contributed by atoms with Crippen LogP contribution in [-0.2, 0) is 9.53 Å². The first-order valence-corrected chi connectivity index (χ1v) is 8.70. The SMILES string of the molecule is C=CCNc1nc(C(=O)OCC(=O)Nc2ccc3c(c2)OCCO3)cs1. The predicted octanol–water partition coefficient (Wildman–Crippen LogP) is 2.31. The van der Waals surface area contributed by atoms with Crippen LogP contribution in [0.25, 0.3) is 0 Å². The number of aromatic nitrogens is 1. The lowest BCUT2D eigenvalue weighted by molar-refractivity contribution is -0.119. The molecule has 1 aliphatic rings. The monoisotopic (exact) mass is 375 g/mol. The van der Waals surface area contributed by atoms with Gasteiger partial charge in [-0.25, -0.2) is 9.78 Å². The number of fused-ring (bicyclic) bond motifs is 1. The Morgan fingerprint density at radius 3 is 2.92 bits per heavy atom. The molecule has 0 fully saturated rings. The van der Waals surface area contributed by atoms with Crippen molar-refractivity contribution in [1.82, 2.24) is 4.98 Å². The number of benzene rings is 1. The highest BCUT2D eigenvalue weighted by molar-refractivity contribution is 7.13. The lowest BCUT2D eigenvalue weighted by atomic mass is 10.2. The fourth-order valence-electron chi connectivity index (χ4n) is 2.13. The largest absolute Gasteiger partial charge is 0.486 e. The Morgan fingerprint density at radius 1 is 1.31 bits per heavy atom. The van der Waals surface area contributed by atoms with E-state index in [1.807, 2.05) is 0 Å². The van der Waals surface area contributed by atoms with Crippen LogP contribution >= 0.6 is 11.3 Å². The molecule has 1 aromatic carbocycles. The summed E-state index contributed by atoms with van der Waals surface area (Å²) < 4.78 is 15.8. The minimum Gasteiger partial charge on any atom is -0.486 e. The van der Waals surface area contributed by atoms with Crippen molar-refractivity contribution >= 4 is 34.0 Å². The van der Waals surface area contributed by atoms with Crippen LogP contribution in [0, 0.1) is 0 Å². The average molecular weight is 375 g/mol. The standard InChI is InChI=1S/C17H17N3O5S/c1-2-5-18-17-20-12(10-26-17)16(22)25-9-15(21)19-11-3-4-13-14(8-11)24-7-6-23-13/h2-4,8,10H,1,5-7,9H2,(H,18,20)(H,19,21). The summed E-state index contributed by atoms with van der Waals surface area (Å²) in [6.07, 6.45) is 1.68. The van der Waals surface area contributed by atoms with E-state index in [-0.39, 0.29) is 5.69 Å². The number of anilines is 2. The minimum atomic E-state index is -0.662. The number of ether oxygens (including phenoxy) is 3. The van der Waals surface area contributed by atoms with Crippen molar-refractivity contribution in [2.75, 3.05) is 37.0 Å². The van der Waals surface area contributed by atoms with Crippen LogP contribution in [0.3, 0.4) is 0 Å². The number of carbonyl (C=O) groups excluding carboxylic acids is 2. The van der Waals surface area contributed by atoms with Gasteiger partial charge in [0.25, 0.3) is 5.91 Å². The van der Waals surface area contributed by atoms with Crippen molar-refractivity contribution in [3.63, 3.8) is 0 Å². The van der Waals surface area contributed by atoms with Crippen molar-refractivity contribution in [1.29, 1.82) is 0 Å². The summed E-state index contributed by atoms with van der Waals surface area (Å²) in [7, 11) is 0. The summed E-state index contributed by atoms with van der Waals surface area (Å²) in [5, 5.41) is 7.75. The van der Waals surface area contributed by atoms with Crippen molar-refractivity contribution in [2.45, 2.75) is 0 Å². The summed E-state index contributed by atoms with van der Waals surface area (Å²) in [4.78, 5) is 28.0. The number of hydrogen-bond donors (Lipinski definition) is 2. The van der Waals surface area contributed by atoms with E-state index in [2.05, 4.69) is 22.2 Å². The van der Waals surface area contributed by atoms with Crippen LogP contribution in [0.5, 0.6) is 11.5 Å². The molecule has 0 spiro atoms. The zero-order chi connectivity index (χ0) is 18.4. The molecule has 1 aromatic heterocycles. The van der Waals surface area contributed by atoms with Crippen molar-refractivity contribution in [3.05, 3.63) is 41.9 Å². The smallest absolute Gasteiger partial charge is 0.358 e. The molecule has 0 bridgehead atoms. The molecule has 2 aromatic rings. The van der Waals surface area contributed by atoms with Crippen LogP contribution in [0.15, 0.2) is 36.2 Å². The van der Waals surface area contributed by atoms with Gasteiger partial charge in [-0.15, -0.1) is 17.9 Å². The second kappa shape index (κ2) is 8.34. The zero-order valence-corrected chi connectivity index (χ0v) is 14.6. The summed E-state index contributed by atoms with van der Waals surface area (Å²) in [5.74, 6) is 0.0682. The Labute approximate surface area is 153 Å². The van der Waals surface area contributed by atoms with Gasteiger partial charge in [0, 0.05) is 23.7 Å². The third-order valence-corrected chi connectivity index (χ3v) is 4.07. The van der Waals surface area contributed by atoms with Gasteiger partial charge in [-0.3, -0.25) is 4.79 Å². The third-order valence-electron chi connectivity index (χ3n) is 3.27. The molecule has 0 radical (unpaired) electrons. The maximum Gasteiger partial charge on any atom is 0.358 e. The van der Waals surface area contributed by atoms with Crippen molar-refractivity contribution < 1.29 is 23.8 Å². The van der Waals surface area contributed by atoms with E-state index in [4.69, 9.17) is 14.2 Å². The molecule has 8 nitrogen and oxygen atoms in total. The molecule has 9 heteroatoms. The second-order valence-corrected chi connectivity index (χ2v) is 6.05. The summed E-state index contributed by atoms with van der Waals surface area (Å²) in [6.45, 7) is 4.67. The van der Waals surface area contributed by atoms with Gasteiger partial charge in [-0.1, -0.05) is 6.08 Å². The van der Waals surface area contributed by atoms with E-state index in [9.17, 15) is 9.59 Å². The van der Waals surface area contributed by atoms with Gasteiger partial charge >= 0.3 is 5.97 Å². The Bertz CT molecular complexity index is 820. The topological polar surface area (TPSA) is 98.8 Å². The molecule has 0 saturated heterocycles. The maximum absolute atomic E-state index is 12.0. The van der Waals surface area contributed by atoms with Crippen molar-refractivity contribution in [3.8, 4) is 11.5 Å². The number of thiazole rings is 1. The first-order valence-electron chi connectivity index (χ1n) is 7.82. The van der Waals surface area contributed by atoms with E-state index in [0.29, 0.717) is 42.1 Å². The zero-order valence-electron chi connectivity index (χ0n) is 13.8. The van der Waals surface area contributed by atoms with Crippen molar-refractivity contribution in [2.24, 2.45) is 0 Å². The molecule has 2 N–H and O–H groups in total. The normalized spacial score (nSPS) is 12.2. The molecule has 2 heterocycles. The van der Waals surface area contributed by atoms with Gasteiger partial charge in [0.2, 0.25) is 0 Å². The van der Waals surface area contributed by atoms with E-state index < -0.39 is 18.5 Å². The number of rotatable bonds is 7. The summed E-state index contributed by atoms with van der Waals surface area (Å²) >= 11 is 1.27. The van der Waals surface area contributed by atoms with Gasteiger partial charge in [-0.05, 0) is 12.1 Å². The molecule has 0 saturated carbocycles. The number of nitrogens with zero attached hydrogens (tertiary/aromatic N) is 1. The molecule has 0 aliphatic carbocycles. The fourth-order valence-corrected chi connectivity index (χ4v) is 2.82. The van der Waals surface area contributed by atoms with Gasteiger partial charge < -0.3 is 24.8 Å². The lowest BCUT2D eigenvalue weighted by Gasteiger charge is -2.18. The Kier molecular flexibility index (Phi) is 5.69. The molecule has 136 valence electrons. The number of amides is 1. The highest BCUT2D eigenvalue weighted by atomic mass is 32.1. The van der Waals surface area contributed by atoms with Crippen LogP contribution in [-0.4, -0.2) is 43.2 Å². The second-order valence-electron chi connectivity index (χ2n) is 5.19. The van der Waals surface area contributed by atoms with E-state index >= 15 is 0 Å². The van der Waals surface area contributed by atoms with Gasteiger partial charge in [0.1, 0.15) is 13.2 Å².